The molecule has 2 aliphatic heterocycles. The molecular formula is C29H35ClN6O4. The molecule has 0 aliphatic carbocycles. The van der Waals surface area contributed by atoms with E-state index in [-0.39, 0.29) is 24.2 Å². The Hall–Kier alpha value is -3.47. The molecule has 5 rings (SSSR count). The molecule has 3 aromatic rings. The van der Waals surface area contributed by atoms with E-state index in [0.29, 0.717) is 48.8 Å². The summed E-state index contributed by atoms with van der Waals surface area (Å²) in [5, 5.41) is 11.9. The van der Waals surface area contributed by atoms with Gasteiger partial charge in [-0.3, -0.25) is 24.0 Å². The van der Waals surface area contributed by atoms with E-state index < -0.39 is 11.3 Å². The Morgan fingerprint density at radius 3 is 2.42 bits per heavy atom. The van der Waals surface area contributed by atoms with E-state index in [0.717, 1.165) is 42.7 Å². The number of piperidine rings is 1. The number of halogens is 1. The number of carbonyl (C=O) groups is 2. The molecule has 0 radical (unpaired) electrons. The van der Waals surface area contributed by atoms with E-state index in [1.807, 2.05) is 29.2 Å². The van der Waals surface area contributed by atoms with Gasteiger partial charge in [-0.05, 0) is 42.2 Å². The number of anilines is 1. The first-order valence-corrected chi connectivity index (χ1v) is 14.1. The zero-order valence-electron chi connectivity index (χ0n) is 22.9. The van der Waals surface area contributed by atoms with Crippen LogP contribution in [0.15, 0.2) is 41.2 Å². The van der Waals surface area contributed by atoms with Gasteiger partial charge in [0, 0.05) is 64.3 Å². The third-order valence-electron chi connectivity index (χ3n) is 7.68. The number of amides is 2. The molecule has 2 aromatic carbocycles. The number of aryl methyl sites for hydroxylation is 1. The van der Waals surface area contributed by atoms with Crippen LogP contribution in [-0.2, 0) is 29.7 Å². The van der Waals surface area contributed by atoms with Gasteiger partial charge in [-0.1, -0.05) is 29.8 Å². The Balaban J connectivity index is 1.49. The van der Waals surface area contributed by atoms with Crippen molar-refractivity contribution < 1.29 is 14.3 Å². The number of aromatic nitrogens is 2. The lowest BCUT2D eigenvalue weighted by Gasteiger charge is -2.33. The molecule has 0 atom stereocenters. The highest BCUT2D eigenvalue weighted by molar-refractivity contribution is 6.30. The van der Waals surface area contributed by atoms with Gasteiger partial charge in [0.15, 0.2) is 5.69 Å². The summed E-state index contributed by atoms with van der Waals surface area (Å²) in [5.74, 6) is -0.456. The van der Waals surface area contributed by atoms with Gasteiger partial charge in [0.05, 0.1) is 29.8 Å². The normalized spacial score (nSPS) is 16.7. The van der Waals surface area contributed by atoms with Crippen molar-refractivity contribution in [2.24, 2.45) is 7.05 Å². The molecule has 2 aliphatic rings. The van der Waals surface area contributed by atoms with E-state index in [1.165, 1.54) is 0 Å². The lowest BCUT2D eigenvalue weighted by atomic mass is 10.0. The Kier molecular flexibility index (Phi) is 8.68. The first kappa shape index (κ1) is 28.1. The van der Waals surface area contributed by atoms with E-state index in [1.54, 1.807) is 30.8 Å². The highest BCUT2D eigenvalue weighted by Crippen LogP contribution is 2.29. The average molecular weight is 567 g/mol. The minimum Gasteiger partial charge on any atom is -0.381 e. The number of hydrogen-bond donors (Lipinski definition) is 2. The van der Waals surface area contributed by atoms with Gasteiger partial charge in [0.1, 0.15) is 0 Å². The zero-order chi connectivity index (χ0) is 28.2. The second kappa shape index (κ2) is 12.4. The summed E-state index contributed by atoms with van der Waals surface area (Å²) in [6.45, 7) is 6.76. The maximum Gasteiger partial charge on any atom is 0.276 e. The molecule has 40 heavy (non-hydrogen) atoms. The highest BCUT2D eigenvalue weighted by Gasteiger charge is 2.26. The Morgan fingerprint density at radius 1 is 1.05 bits per heavy atom. The predicted molar refractivity (Wildman–Crippen MR) is 155 cm³/mol. The fourth-order valence-corrected chi connectivity index (χ4v) is 5.48. The van der Waals surface area contributed by atoms with Gasteiger partial charge < -0.3 is 20.3 Å². The fourth-order valence-electron chi connectivity index (χ4n) is 5.36. The van der Waals surface area contributed by atoms with Crippen LogP contribution in [0.4, 0.5) is 5.69 Å². The van der Waals surface area contributed by atoms with Crippen molar-refractivity contribution in [1.29, 1.82) is 0 Å². The van der Waals surface area contributed by atoms with Gasteiger partial charge in [-0.15, -0.1) is 0 Å². The lowest BCUT2D eigenvalue weighted by Crippen LogP contribution is -2.42. The molecule has 2 N–H and O–H groups in total. The average Bonchev–Trinajstić information content (AvgIpc) is 2.96. The molecule has 1 aromatic heterocycles. The van der Waals surface area contributed by atoms with E-state index in [2.05, 4.69) is 20.6 Å². The number of morpholine rings is 1. The monoisotopic (exact) mass is 566 g/mol. The Bertz CT molecular complexity index is 1440. The largest absolute Gasteiger partial charge is 0.381 e. The molecule has 0 unspecified atom stereocenters. The Morgan fingerprint density at radius 2 is 1.75 bits per heavy atom. The number of rotatable bonds is 7. The van der Waals surface area contributed by atoms with Crippen molar-refractivity contribution in [2.45, 2.75) is 38.9 Å². The molecule has 0 spiro atoms. The number of hydrogen-bond acceptors (Lipinski definition) is 7. The summed E-state index contributed by atoms with van der Waals surface area (Å²) < 4.78 is 7.12. The molecule has 0 saturated carbocycles. The van der Waals surface area contributed by atoms with Crippen LogP contribution in [-0.4, -0.2) is 76.8 Å². The lowest BCUT2D eigenvalue weighted by molar-refractivity contribution is -0.129. The molecule has 212 valence electrons. The van der Waals surface area contributed by atoms with Crippen molar-refractivity contribution >= 4 is 40.0 Å². The molecule has 3 heterocycles. The summed E-state index contributed by atoms with van der Waals surface area (Å²) in [6, 6.07) is 11.2. The topological polar surface area (TPSA) is 109 Å². The number of ether oxygens (including phenoxy) is 1. The molecular weight excluding hydrogens is 532 g/mol. The maximum atomic E-state index is 13.9. The molecule has 11 heteroatoms. The van der Waals surface area contributed by atoms with E-state index in [9.17, 15) is 14.4 Å². The van der Waals surface area contributed by atoms with E-state index in [4.69, 9.17) is 16.3 Å². The summed E-state index contributed by atoms with van der Waals surface area (Å²) in [6.07, 6.45) is 1.54. The van der Waals surface area contributed by atoms with E-state index >= 15 is 0 Å². The minimum atomic E-state index is -0.531. The van der Waals surface area contributed by atoms with Gasteiger partial charge in [-0.2, -0.15) is 5.10 Å². The van der Waals surface area contributed by atoms with Crippen LogP contribution in [0.25, 0.3) is 10.9 Å². The van der Waals surface area contributed by atoms with Crippen LogP contribution in [0.1, 0.15) is 41.4 Å². The minimum absolute atomic E-state index is 0.0748. The molecule has 2 saturated heterocycles. The van der Waals surface area contributed by atoms with Crippen LogP contribution in [0, 0.1) is 0 Å². The molecule has 2 amide bonds. The van der Waals surface area contributed by atoms with Crippen LogP contribution in [0.5, 0.6) is 0 Å². The Labute approximate surface area is 238 Å². The zero-order valence-corrected chi connectivity index (χ0v) is 23.7. The number of nitrogens with one attached hydrogen (secondary N) is 2. The smallest absolute Gasteiger partial charge is 0.276 e. The third kappa shape index (κ3) is 6.29. The van der Waals surface area contributed by atoms with Crippen molar-refractivity contribution in [2.75, 3.05) is 44.7 Å². The number of nitrogens with zero attached hydrogens (tertiary/aromatic N) is 4. The molecule has 2 fully saturated rings. The van der Waals surface area contributed by atoms with Crippen molar-refractivity contribution in [3.05, 3.63) is 68.5 Å². The summed E-state index contributed by atoms with van der Waals surface area (Å²) in [5.41, 5.74) is 2.67. The standard InChI is InChI=1S/C29H35ClN6O4/c1-19(37)36-11-9-23(10-12-36)32-26-21(18-35-13-15-40-16-14-35)5-8-24-25(26)28(38)27(33-34(24)2)29(39)31-17-20-3-6-22(30)7-4-20/h3-8,23,32H,9-18H2,1-2H3,(H,31,39). The fraction of sp³-hybridized carbons (Fsp3) is 0.448. The second-order valence-corrected chi connectivity index (χ2v) is 10.9. The number of benzene rings is 2. The van der Waals surface area contributed by atoms with Crippen LogP contribution >= 0.6 is 11.6 Å². The first-order chi connectivity index (χ1) is 19.3. The van der Waals surface area contributed by atoms with Crippen molar-refractivity contribution in [1.82, 2.24) is 24.9 Å². The van der Waals surface area contributed by atoms with Gasteiger partial charge >= 0.3 is 0 Å². The van der Waals surface area contributed by atoms with Crippen LogP contribution < -0.4 is 16.1 Å². The molecule has 10 nitrogen and oxygen atoms in total. The van der Waals surface area contributed by atoms with Gasteiger partial charge in [0.2, 0.25) is 11.3 Å². The second-order valence-electron chi connectivity index (χ2n) is 10.4. The third-order valence-corrected chi connectivity index (χ3v) is 7.93. The molecule has 0 bridgehead atoms. The quantitative estimate of drug-likeness (QED) is 0.453. The predicted octanol–water partition coefficient (Wildman–Crippen LogP) is 2.77. The summed E-state index contributed by atoms with van der Waals surface area (Å²) >= 11 is 5.97. The first-order valence-electron chi connectivity index (χ1n) is 13.7. The highest BCUT2D eigenvalue weighted by atomic mass is 35.5. The van der Waals surface area contributed by atoms with Gasteiger partial charge in [-0.25, -0.2) is 0 Å². The van der Waals surface area contributed by atoms with Gasteiger partial charge in [0.25, 0.3) is 5.91 Å². The SMILES string of the molecule is CC(=O)N1CCC(Nc2c(CN3CCOCC3)ccc3c2c(=O)c(C(=O)NCc2ccc(Cl)cc2)nn3C)CC1. The van der Waals surface area contributed by atoms with Crippen LogP contribution in [0.3, 0.4) is 0 Å². The maximum absolute atomic E-state index is 13.9. The van der Waals surface area contributed by atoms with Crippen molar-refractivity contribution in [3.63, 3.8) is 0 Å². The van der Waals surface area contributed by atoms with Crippen molar-refractivity contribution in [3.8, 4) is 0 Å². The number of fused-ring (bicyclic) bond motifs is 1. The number of likely N-dealkylation sites (tertiary alicyclic amines) is 1. The number of carbonyl (C=O) groups excluding carboxylic acids is 2. The summed E-state index contributed by atoms with van der Waals surface area (Å²) in [4.78, 5) is 43.2. The van der Waals surface area contributed by atoms with Crippen LogP contribution in [0.2, 0.25) is 5.02 Å². The summed E-state index contributed by atoms with van der Waals surface area (Å²) in [7, 11) is 1.74.